The van der Waals surface area contributed by atoms with E-state index in [1.165, 1.54) is 0 Å². The van der Waals surface area contributed by atoms with Gasteiger partial charge in [-0.15, -0.1) is 0 Å². The largest absolute Gasteiger partial charge is 0.497 e. The number of aliphatic hydroxyl groups is 1. The van der Waals surface area contributed by atoms with Gasteiger partial charge in [-0.2, -0.15) is 0 Å². The van der Waals surface area contributed by atoms with Crippen molar-refractivity contribution in [3.05, 3.63) is 74.1 Å². The van der Waals surface area contributed by atoms with Gasteiger partial charge in [0.15, 0.2) is 5.43 Å². The summed E-state index contributed by atoms with van der Waals surface area (Å²) in [7, 11) is 1.56. The predicted molar refractivity (Wildman–Crippen MR) is 110 cm³/mol. The molecule has 1 N–H and O–H groups in total. The second kappa shape index (κ2) is 7.54. The van der Waals surface area contributed by atoms with Crippen molar-refractivity contribution in [1.82, 2.24) is 4.90 Å². The second-order valence-electron chi connectivity index (χ2n) is 7.03. The zero-order chi connectivity index (χ0) is 20.7. The molecular weight excluding hydrogens is 394 g/mol. The third-order valence-corrected chi connectivity index (χ3v) is 5.62. The zero-order valence-corrected chi connectivity index (χ0v) is 16.8. The SMILES string of the molecule is COc1cccc(C2c3c(oc4cc(C)c(Cl)cc4c3=O)C(=O)N2CCCO)c1. The Morgan fingerprint density at radius 3 is 2.76 bits per heavy atom. The number of hydrogen-bond donors (Lipinski definition) is 1. The number of carbonyl (C=O) groups is 1. The standard InChI is InChI=1S/C22H20ClNO5/c1-12-9-17-15(11-16(12)23)20(26)18-19(13-5-3-6-14(10-13)28-2)24(7-4-8-25)22(27)21(18)29-17/h3,5-6,9-11,19,25H,4,7-8H2,1-2H3. The minimum absolute atomic E-state index is 0.0370. The molecule has 6 nitrogen and oxygen atoms in total. The summed E-state index contributed by atoms with van der Waals surface area (Å²) in [6.07, 6.45) is 0.388. The van der Waals surface area contributed by atoms with E-state index >= 15 is 0 Å². The molecule has 2 aromatic carbocycles. The highest BCUT2D eigenvalue weighted by Gasteiger charge is 2.42. The van der Waals surface area contributed by atoms with Crippen molar-refractivity contribution in [3.8, 4) is 5.75 Å². The van der Waals surface area contributed by atoms with E-state index in [-0.39, 0.29) is 35.8 Å². The van der Waals surface area contributed by atoms with Gasteiger partial charge in [0.1, 0.15) is 11.3 Å². The maximum atomic E-state index is 13.4. The van der Waals surface area contributed by atoms with Crippen molar-refractivity contribution >= 4 is 28.5 Å². The topological polar surface area (TPSA) is 80.0 Å². The van der Waals surface area contributed by atoms with Crippen LogP contribution in [0.1, 0.15) is 39.7 Å². The molecule has 150 valence electrons. The molecule has 7 heteroatoms. The molecule has 1 aromatic heterocycles. The van der Waals surface area contributed by atoms with Crippen LogP contribution in [0.15, 0.2) is 45.6 Å². The molecule has 0 fully saturated rings. The Morgan fingerprint density at radius 2 is 2.03 bits per heavy atom. The second-order valence-corrected chi connectivity index (χ2v) is 7.43. The van der Waals surface area contributed by atoms with Gasteiger partial charge in [-0.05, 0) is 48.7 Å². The molecule has 0 aliphatic carbocycles. The number of hydrogen-bond acceptors (Lipinski definition) is 5. The van der Waals surface area contributed by atoms with Crippen molar-refractivity contribution in [2.75, 3.05) is 20.3 Å². The summed E-state index contributed by atoms with van der Waals surface area (Å²) in [4.78, 5) is 28.1. The lowest BCUT2D eigenvalue weighted by Crippen LogP contribution is -2.31. The highest BCUT2D eigenvalue weighted by molar-refractivity contribution is 6.32. The molecule has 2 heterocycles. The molecule has 1 amide bonds. The summed E-state index contributed by atoms with van der Waals surface area (Å²) in [6, 6.07) is 9.87. The zero-order valence-electron chi connectivity index (χ0n) is 16.1. The van der Waals surface area contributed by atoms with Gasteiger partial charge in [-0.25, -0.2) is 0 Å². The number of rotatable bonds is 5. The first-order chi connectivity index (χ1) is 14.0. The number of methoxy groups -OCH3 is 1. The molecule has 1 aliphatic rings. The summed E-state index contributed by atoms with van der Waals surface area (Å²) < 4.78 is 11.2. The number of nitrogens with zero attached hydrogens (tertiary/aromatic N) is 1. The molecule has 1 aliphatic heterocycles. The molecule has 3 aromatic rings. The summed E-state index contributed by atoms with van der Waals surface area (Å²) in [6.45, 7) is 2.03. The quantitative estimate of drug-likeness (QED) is 0.690. The Balaban J connectivity index is 1.98. The van der Waals surface area contributed by atoms with Crippen molar-refractivity contribution < 1.29 is 19.1 Å². The van der Waals surface area contributed by atoms with Gasteiger partial charge in [0.05, 0.1) is 24.1 Å². The number of aliphatic hydroxyl groups excluding tert-OH is 1. The highest BCUT2D eigenvalue weighted by atomic mass is 35.5. The minimum atomic E-state index is -0.625. The Labute approximate surface area is 172 Å². The Bertz CT molecular complexity index is 1170. The van der Waals surface area contributed by atoms with Crippen LogP contribution >= 0.6 is 11.6 Å². The van der Waals surface area contributed by atoms with Crippen LogP contribution < -0.4 is 10.2 Å². The normalized spacial score (nSPS) is 15.8. The molecule has 4 rings (SSSR count). The smallest absolute Gasteiger partial charge is 0.290 e. The summed E-state index contributed by atoms with van der Waals surface area (Å²) in [5.74, 6) is 0.289. The third kappa shape index (κ3) is 3.18. The molecule has 29 heavy (non-hydrogen) atoms. The van der Waals surface area contributed by atoms with E-state index in [4.69, 9.17) is 20.8 Å². The van der Waals surface area contributed by atoms with Gasteiger partial charge in [0, 0.05) is 18.2 Å². The molecule has 0 bridgehead atoms. The van der Waals surface area contributed by atoms with Crippen LogP contribution in [0.25, 0.3) is 11.0 Å². The number of fused-ring (bicyclic) bond motifs is 2. The molecule has 1 unspecified atom stereocenters. The molecule has 0 saturated carbocycles. The Morgan fingerprint density at radius 1 is 1.24 bits per heavy atom. The predicted octanol–water partition coefficient (Wildman–Crippen LogP) is 3.69. The van der Waals surface area contributed by atoms with Gasteiger partial charge in [-0.3, -0.25) is 9.59 Å². The number of carbonyl (C=O) groups excluding carboxylic acids is 1. The Kier molecular flexibility index (Phi) is 5.06. The number of amides is 1. The first kappa shape index (κ1) is 19.5. The average molecular weight is 414 g/mol. The van der Waals surface area contributed by atoms with E-state index in [2.05, 4.69) is 0 Å². The maximum Gasteiger partial charge on any atom is 0.290 e. The number of ether oxygens (including phenoxy) is 1. The number of benzene rings is 2. The van der Waals surface area contributed by atoms with Crippen LogP contribution in [0.5, 0.6) is 5.75 Å². The van der Waals surface area contributed by atoms with Crippen LogP contribution in [0, 0.1) is 6.92 Å². The highest BCUT2D eigenvalue weighted by Crippen LogP contribution is 2.39. The molecule has 0 radical (unpaired) electrons. The fourth-order valence-corrected chi connectivity index (χ4v) is 3.93. The van der Waals surface area contributed by atoms with Gasteiger partial charge in [0.25, 0.3) is 5.91 Å². The van der Waals surface area contributed by atoms with Gasteiger partial charge < -0.3 is 19.2 Å². The average Bonchev–Trinajstić information content (AvgIpc) is 3.00. The number of aryl methyl sites for hydroxylation is 1. The Hall–Kier alpha value is -2.83. The van der Waals surface area contributed by atoms with Gasteiger partial charge in [-0.1, -0.05) is 23.7 Å². The van der Waals surface area contributed by atoms with Crippen molar-refractivity contribution in [2.45, 2.75) is 19.4 Å². The van der Waals surface area contributed by atoms with Crippen LogP contribution in [0.4, 0.5) is 0 Å². The summed E-state index contributed by atoms with van der Waals surface area (Å²) >= 11 is 6.23. The lowest BCUT2D eigenvalue weighted by Gasteiger charge is -2.25. The van der Waals surface area contributed by atoms with E-state index in [0.717, 1.165) is 11.1 Å². The lowest BCUT2D eigenvalue weighted by molar-refractivity contribution is 0.0716. The first-order valence-electron chi connectivity index (χ1n) is 9.29. The van der Waals surface area contributed by atoms with Gasteiger partial charge >= 0.3 is 0 Å². The third-order valence-electron chi connectivity index (χ3n) is 5.21. The molecule has 1 atom stereocenters. The maximum absolute atomic E-state index is 13.4. The van der Waals surface area contributed by atoms with Crippen molar-refractivity contribution in [1.29, 1.82) is 0 Å². The molecular formula is C22H20ClNO5. The van der Waals surface area contributed by atoms with E-state index in [1.54, 1.807) is 36.3 Å². The van der Waals surface area contributed by atoms with E-state index < -0.39 is 6.04 Å². The lowest BCUT2D eigenvalue weighted by atomic mass is 9.98. The van der Waals surface area contributed by atoms with Crippen molar-refractivity contribution in [2.24, 2.45) is 0 Å². The van der Waals surface area contributed by atoms with Crippen LogP contribution in [-0.4, -0.2) is 36.2 Å². The molecule has 0 spiro atoms. The summed E-state index contributed by atoms with van der Waals surface area (Å²) in [5, 5.41) is 10.1. The minimum Gasteiger partial charge on any atom is -0.497 e. The van der Waals surface area contributed by atoms with Gasteiger partial charge in [0.2, 0.25) is 5.76 Å². The van der Waals surface area contributed by atoms with E-state index in [9.17, 15) is 14.7 Å². The molecule has 0 saturated heterocycles. The van der Waals surface area contributed by atoms with Crippen LogP contribution in [0.3, 0.4) is 0 Å². The van der Waals surface area contributed by atoms with E-state index in [0.29, 0.717) is 28.2 Å². The summed E-state index contributed by atoms with van der Waals surface area (Å²) in [5.41, 5.74) is 1.83. The first-order valence-corrected chi connectivity index (χ1v) is 9.66. The van der Waals surface area contributed by atoms with Crippen LogP contribution in [0.2, 0.25) is 5.02 Å². The van der Waals surface area contributed by atoms with Crippen LogP contribution in [-0.2, 0) is 0 Å². The fourth-order valence-electron chi connectivity index (χ4n) is 3.77. The fraction of sp³-hybridized carbons (Fsp3) is 0.273. The van der Waals surface area contributed by atoms with E-state index in [1.807, 2.05) is 19.1 Å². The monoisotopic (exact) mass is 413 g/mol. The number of halogens is 1. The van der Waals surface area contributed by atoms with Crippen molar-refractivity contribution in [3.63, 3.8) is 0 Å².